The van der Waals surface area contributed by atoms with Crippen molar-refractivity contribution in [2.45, 2.75) is 0 Å². The molecule has 104 valence electrons. The molecule has 1 N–H and O–H groups in total. The molecule has 0 unspecified atom stereocenters. The summed E-state index contributed by atoms with van der Waals surface area (Å²) in [5, 5.41) is 22.3. The average Bonchev–Trinajstić information content (AvgIpc) is 2.47. The molecule has 0 aliphatic carbocycles. The van der Waals surface area contributed by atoms with Gasteiger partial charge in [0.15, 0.2) is 0 Å². The Labute approximate surface area is 124 Å². The van der Waals surface area contributed by atoms with E-state index in [4.69, 9.17) is 16.9 Å². The second kappa shape index (κ2) is 6.03. The van der Waals surface area contributed by atoms with Crippen molar-refractivity contribution in [2.24, 2.45) is 0 Å². The van der Waals surface area contributed by atoms with Gasteiger partial charge in [-0.2, -0.15) is 5.26 Å². The fraction of sp³-hybridized carbons (Fsp3) is 0. The summed E-state index contributed by atoms with van der Waals surface area (Å²) in [5.41, 5.74) is 0.330. The molecular formula is C14H8ClN3O3. The van der Waals surface area contributed by atoms with Crippen molar-refractivity contribution in [3.8, 4) is 6.07 Å². The van der Waals surface area contributed by atoms with E-state index in [1.165, 1.54) is 12.1 Å². The highest BCUT2D eigenvalue weighted by atomic mass is 35.5. The Morgan fingerprint density at radius 1 is 1.29 bits per heavy atom. The Balaban J connectivity index is 2.35. The Morgan fingerprint density at radius 3 is 2.67 bits per heavy atom. The lowest BCUT2D eigenvalue weighted by Gasteiger charge is -2.08. The van der Waals surface area contributed by atoms with Gasteiger partial charge in [-0.3, -0.25) is 14.9 Å². The molecule has 2 rings (SSSR count). The third kappa shape index (κ3) is 3.16. The van der Waals surface area contributed by atoms with Crippen molar-refractivity contribution >= 4 is 28.9 Å². The minimum atomic E-state index is -0.619. The maximum Gasteiger partial charge on any atom is 0.270 e. The van der Waals surface area contributed by atoms with Crippen molar-refractivity contribution < 1.29 is 9.72 Å². The predicted molar refractivity (Wildman–Crippen MR) is 77.2 cm³/mol. The standard InChI is InChI=1S/C14H8ClN3O3/c15-12-6-5-10(18(20)21)7-11(12)14(19)17-13-4-2-1-3-9(13)8-16/h1-7H,(H,17,19). The van der Waals surface area contributed by atoms with Crippen LogP contribution in [-0.2, 0) is 0 Å². The lowest BCUT2D eigenvalue weighted by molar-refractivity contribution is -0.384. The third-order valence-corrected chi connectivity index (χ3v) is 3.03. The van der Waals surface area contributed by atoms with E-state index in [-0.39, 0.29) is 21.8 Å². The zero-order chi connectivity index (χ0) is 15.4. The highest BCUT2D eigenvalue weighted by Gasteiger charge is 2.16. The van der Waals surface area contributed by atoms with E-state index in [1.54, 1.807) is 24.3 Å². The van der Waals surface area contributed by atoms with Gasteiger partial charge in [0.2, 0.25) is 0 Å². The molecule has 1 amide bonds. The molecule has 0 aliphatic rings. The fourth-order valence-corrected chi connectivity index (χ4v) is 1.88. The topological polar surface area (TPSA) is 96.0 Å². The second-order valence-electron chi connectivity index (χ2n) is 4.03. The zero-order valence-electron chi connectivity index (χ0n) is 10.5. The number of non-ortho nitro benzene ring substituents is 1. The van der Waals surface area contributed by atoms with Gasteiger partial charge in [-0.1, -0.05) is 23.7 Å². The number of benzene rings is 2. The number of amides is 1. The van der Waals surface area contributed by atoms with E-state index in [1.807, 2.05) is 6.07 Å². The largest absolute Gasteiger partial charge is 0.321 e. The van der Waals surface area contributed by atoms with Crippen molar-refractivity contribution in [3.63, 3.8) is 0 Å². The van der Waals surface area contributed by atoms with Crippen molar-refractivity contribution in [2.75, 3.05) is 5.32 Å². The first-order chi connectivity index (χ1) is 10.0. The number of para-hydroxylation sites is 1. The first kappa shape index (κ1) is 14.5. The van der Waals surface area contributed by atoms with Gasteiger partial charge in [0.1, 0.15) is 6.07 Å². The van der Waals surface area contributed by atoms with E-state index < -0.39 is 10.8 Å². The number of halogens is 1. The van der Waals surface area contributed by atoms with Crippen LogP contribution in [0.5, 0.6) is 0 Å². The molecule has 0 heterocycles. The van der Waals surface area contributed by atoms with Crippen LogP contribution in [0.15, 0.2) is 42.5 Å². The van der Waals surface area contributed by atoms with Gasteiger partial charge in [0.05, 0.1) is 26.8 Å². The maximum absolute atomic E-state index is 12.2. The fourth-order valence-electron chi connectivity index (χ4n) is 1.68. The van der Waals surface area contributed by atoms with E-state index in [0.717, 1.165) is 6.07 Å². The highest BCUT2D eigenvalue weighted by molar-refractivity contribution is 6.34. The normalized spacial score (nSPS) is 9.71. The van der Waals surface area contributed by atoms with Crippen LogP contribution >= 0.6 is 11.6 Å². The molecule has 0 bridgehead atoms. The van der Waals surface area contributed by atoms with E-state index in [9.17, 15) is 14.9 Å². The van der Waals surface area contributed by atoms with Gasteiger partial charge in [-0.05, 0) is 18.2 Å². The Kier molecular flexibility index (Phi) is 4.16. The second-order valence-corrected chi connectivity index (χ2v) is 4.44. The maximum atomic E-state index is 12.2. The summed E-state index contributed by atoms with van der Waals surface area (Å²) in [6, 6.07) is 11.9. The van der Waals surface area contributed by atoms with Crippen LogP contribution in [0.25, 0.3) is 0 Å². The van der Waals surface area contributed by atoms with Gasteiger partial charge in [0.25, 0.3) is 11.6 Å². The molecule has 7 heteroatoms. The van der Waals surface area contributed by atoms with Crippen LogP contribution in [-0.4, -0.2) is 10.8 Å². The summed E-state index contributed by atoms with van der Waals surface area (Å²) in [7, 11) is 0. The molecule has 0 fully saturated rings. The van der Waals surface area contributed by atoms with Gasteiger partial charge in [-0.25, -0.2) is 0 Å². The quantitative estimate of drug-likeness (QED) is 0.694. The van der Waals surface area contributed by atoms with Gasteiger partial charge >= 0.3 is 0 Å². The molecule has 0 saturated carbocycles. The number of carbonyl (C=O) groups excluding carboxylic acids is 1. The minimum absolute atomic E-state index is 0.0291. The van der Waals surface area contributed by atoms with Crippen LogP contribution in [0.1, 0.15) is 15.9 Å². The van der Waals surface area contributed by atoms with Crippen LogP contribution < -0.4 is 5.32 Å². The van der Waals surface area contributed by atoms with Gasteiger partial charge in [-0.15, -0.1) is 0 Å². The predicted octanol–water partition coefficient (Wildman–Crippen LogP) is 3.37. The molecule has 0 atom stereocenters. The third-order valence-electron chi connectivity index (χ3n) is 2.70. The summed E-state index contributed by atoms with van der Waals surface area (Å²) < 4.78 is 0. The van der Waals surface area contributed by atoms with Crippen LogP contribution in [0.4, 0.5) is 11.4 Å². The van der Waals surface area contributed by atoms with Gasteiger partial charge < -0.3 is 5.32 Å². The molecule has 2 aromatic carbocycles. The van der Waals surface area contributed by atoms with Crippen molar-refractivity contribution in [1.82, 2.24) is 0 Å². The lowest BCUT2D eigenvalue weighted by atomic mass is 10.1. The lowest BCUT2D eigenvalue weighted by Crippen LogP contribution is -2.13. The number of nitro groups is 1. The first-order valence-electron chi connectivity index (χ1n) is 5.77. The number of carbonyl (C=O) groups is 1. The molecule has 0 saturated heterocycles. The van der Waals surface area contributed by atoms with Crippen molar-refractivity contribution in [3.05, 3.63) is 68.7 Å². The summed E-state index contributed by atoms with van der Waals surface area (Å²) in [6.45, 7) is 0. The van der Waals surface area contributed by atoms with Gasteiger partial charge in [0, 0.05) is 12.1 Å². The number of nitrogens with zero attached hydrogens (tertiary/aromatic N) is 2. The number of nitriles is 1. The Bertz CT molecular complexity index is 768. The number of hydrogen-bond donors (Lipinski definition) is 1. The Morgan fingerprint density at radius 2 is 2.00 bits per heavy atom. The number of hydrogen-bond acceptors (Lipinski definition) is 4. The van der Waals surface area contributed by atoms with Crippen LogP contribution in [0, 0.1) is 21.4 Å². The molecule has 6 nitrogen and oxygen atoms in total. The van der Waals surface area contributed by atoms with Crippen LogP contribution in [0.2, 0.25) is 5.02 Å². The summed E-state index contributed by atoms with van der Waals surface area (Å²) >= 11 is 5.89. The van der Waals surface area contributed by atoms with E-state index in [0.29, 0.717) is 5.69 Å². The number of nitro benzene ring substituents is 1. The molecular weight excluding hydrogens is 294 g/mol. The number of rotatable bonds is 3. The molecule has 2 aromatic rings. The monoisotopic (exact) mass is 301 g/mol. The summed E-state index contributed by atoms with van der Waals surface area (Å²) in [5.74, 6) is -0.619. The first-order valence-corrected chi connectivity index (χ1v) is 6.15. The SMILES string of the molecule is N#Cc1ccccc1NC(=O)c1cc([N+](=O)[O-])ccc1Cl. The van der Waals surface area contributed by atoms with Crippen LogP contribution in [0.3, 0.4) is 0 Å². The molecule has 0 radical (unpaired) electrons. The molecule has 0 aliphatic heterocycles. The molecule has 0 spiro atoms. The Hall–Kier alpha value is -2.91. The summed E-state index contributed by atoms with van der Waals surface area (Å²) in [4.78, 5) is 22.3. The zero-order valence-corrected chi connectivity index (χ0v) is 11.3. The van der Waals surface area contributed by atoms with E-state index >= 15 is 0 Å². The number of anilines is 1. The summed E-state index contributed by atoms with van der Waals surface area (Å²) in [6.07, 6.45) is 0. The average molecular weight is 302 g/mol. The molecule has 21 heavy (non-hydrogen) atoms. The highest BCUT2D eigenvalue weighted by Crippen LogP contribution is 2.23. The minimum Gasteiger partial charge on any atom is -0.321 e. The number of nitrogens with one attached hydrogen (secondary N) is 1. The smallest absolute Gasteiger partial charge is 0.270 e. The van der Waals surface area contributed by atoms with E-state index in [2.05, 4.69) is 5.32 Å². The molecule has 0 aromatic heterocycles. The van der Waals surface area contributed by atoms with Crippen molar-refractivity contribution in [1.29, 1.82) is 5.26 Å².